The van der Waals surface area contributed by atoms with Crippen LogP contribution in [0.25, 0.3) is 5.65 Å². The van der Waals surface area contributed by atoms with Crippen molar-refractivity contribution in [3.8, 4) is 5.75 Å². The highest BCUT2D eigenvalue weighted by Crippen LogP contribution is 2.19. The normalized spacial score (nSPS) is 13.4. The second kappa shape index (κ2) is 8.56. The Bertz CT molecular complexity index is 896. The third kappa shape index (κ3) is 4.78. The van der Waals surface area contributed by atoms with E-state index in [9.17, 15) is 9.90 Å². The van der Waals surface area contributed by atoms with Gasteiger partial charge < -0.3 is 20.3 Å². The highest BCUT2D eigenvalue weighted by molar-refractivity contribution is 5.75. The zero-order chi connectivity index (χ0) is 19.2. The Kier molecular flexibility index (Phi) is 5.94. The summed E-state index contributed by atoms with van der Waals surface area (Å²) in [6.45, 7) is 2.99. The van der Waals surface area contributed by atoms with Gasteiger partial charge in [-0.15, -0.1) is 5.10 Å². The lowest BCUT2D eigenvalue weighted by Crippen LogP contribution is -2.26. The number of aliphatic hydroxyl groups excluding tert-OH is 1. The first-order valence-electron chi connectivity index (χ1n) is 8.56. The fourth-order valence-electron chi connectivity index (χ4n) is 2.55. The van der Waals surface area contributed by atoms with Crippen molar-refractivity contribution < 1.29 is 19.7 Å². The van der Waals surface area contributed by atoms with Gasteiger partial charge in [-0.1, -0.05) is 18.2 Å². The third-order valence-electron chi connectivity index (χ3n) is 4.24. The number of hydrogen-bond acceptors (Lipinski definition) is 7. The van der Waals surface area contributed by atoms with Gasteiger partial charge in [-0.3, -0.25) is 4.79 Å². The number of aliphatic carboxylic acids is 1. The summed E-state index contributed by atoms with van der Waals surface area (Å²) in [7, 11) is 0. The lowest BCUT2D eigenvalue weighted by Gasteiger charge is -2.13. The number of nitrogens with one attached hydrogen (secondary N) is 1. The summed E-state index contributed by atoms with van der Waals surface area (Å²) in [4.78, 5) is 11.0. The molecule has 0 spiro atoms. The first-order valence-corrected chi connectivity index (χ1v) is 8.56. The summed E-state index contributed by atoms with van der Waals surface area (Å²) in [6, 6.07) is 10.5. The molecule has 1 unspecified atom stereocenters. The highest BCUT2D eigenvalue weighted by atomic mass is 16.5. The molecule has 0 aliphatic rings. The predicted molar refractivity (Wildman–Crippen MR) is 96.6 cm³/mol. The number of ether oxygens (including phenoxy) is 1. The maximum Gasteiger partial charge on any atom is 0.310 e. The van der Waals surface area contributed by atoms with E-state index in [-0.39, 0.29) is 0 Å². The first kappa shape index (κ1) is 18.7. The van der Waals surface area contributed by atoms with Gasteiger partial charge in [-0.05, 0) is 41.1 Å². The van der Waals surface area contributed by atoms with Gasteiger partial charge in [-0.25, -0.2) is 4.52 Å². The molecule has 0 aliphatic heterocycles. The van der Waals surface area contributed by atoms with Crippen LogP contribution < -0.4 is 10.1 Å². The smallest absolute Gasteiger partial charge is 0.310 e. The van der Waals surface area contributed by atoms with E-state index >= 15 is 0 Å². The summed E-state index contributed by atoms with van der Waals surface area (Å²) in [5.41, 5.74) is 2.07. The summed E-state index contributed by atoms with van der Waals surface area (Å²) in [5.74, 6) is -0.733. The molecule has 3 rings (SSSR count). The summed E-state index contributed by atoms with van der Waals surface area (Å²) < 4.78 is 7.12. The van der Waals surface area contributed by atoms with E-state index in [0.717, 1.165) is 5.56 Å². The van der Waals surface area contributed by atoms with Crippen LogP contribution in [-0.2, 0) is 4.79 Å². The van der Waals surface area contributed by atoms with Crippen molar-refractivity contribution >= 4 is 11.6 Å². The third-order valence-corrected chi connectivity index (χ3v) is 4.24. The van der Waals surface area contributed by atoms with Crippen molar-refractivity contribution in [3.05, 3.63) is 53.7 Å². The Morgan fingerprint density at radius 2 is 1.96 bits per heavy atom. The van der Waals surface area contributed by atoms with E-state index in [1.807, 2.05) is 0 Å². The van der Waals surface area contributed by atoms with Crippen molar-refractivity contribution in [1.82, 2.24) is 25.4 Å². The molecular formula is C18H21N5O4. The minimum atomic E-state index is -0.856. The minimum Gasteiger partial charge on any atom is -0.492 e. The number of pyridine rings is 1. The molecule has 2 atom stereocenters. The quantitative estimate of drug-likeness (QED) is 0.477. The molecule has 0 bridgehead atoms. The molecule has 0 fully saturated rings. The highest BCUT2D eigenvalue weighted by Gasteiger charge is 2.13. The number of carbonyl (C=O) groups is 1. The Balaban J connectivity index is 1.40. The second-order valence-corrected chi connectivity index (χ2v) is 6.14. The number of tetrazole rings is 1. The van der Waals surface area contributed by atoms with Gasteiger partial charge in [0, 0.05) is 24.8 Å². The second-order valence-electron chi connectivity index (χ2n) is 6.14. The van der Waals surface area contributed by atoms with E-state index in [2.05, 4.69) is 20.8 Å². The Labute approximate surface area is 155 Å². The monoisotopic (exact) mass is 371 g/mol. The van der Waals surface area contributed by atoms with E-state index in [0.29, 0.717) is 36.7 Å². The van der Waals surface area contributed by atoms with Gasteiger partial charge in [0.25, 0.3) is 0 Å². The summed E-state index contributed by atoms with van der Waals surface area (Å²) in [6.07, 6.45) is 1.01. The molecule has 2 heterocycles. The van der Waals surface area contributed by atoms with Crippen molar-refractivity contribution in [2.45, 2.75) is 18.9 Å². The van der Waals surface area contributed by atoms with E-state index in [4.69, 9.17) is 9.84 Å². The SMILES string of the molecule is CC(C(=O)O)c1ccc(OCCNC[C@@H](O)c2ccc3nnnn3c2)cc1. The molecule has 27 heavy (non-hydrogen) atoms. The van der Waals surface area contributed by atoms with Gasteiger partial charge >= 0.3 is 5.97 Å². The molecule has 1 aromatic carbocycles. The zero-order valence-electron chi connectivity index (χ0n) is 14.8. The number of hydrogen-bond donors (Lipinski definition) is 3. The molecular weight excluding hydrogens is 350 g/mol. The lowest BCUT2D eigenvalue weighted by atomic mass is 10.0. The van der Waals surface area contributed by atoms with Gasteiger partial charge in [0.15, 0.2) is 5.65 Å². The maximum absolute atomic E-state index is 11.0. The molecule has 3 N–H and O–H groups in total. The van der Waals surface area contributed by atoms with Crippen molar-refractivity contribution in [1.29, 1.82) is 0 Å². The summed E-state index contributed by atoms with van der Waals surface area (Å²) in [5, 5.41) is 33.5. The van der Waals surface area contributed by atoms with Crippen LogP contribution in [0.4, 0.5) is 0 Å². The van der Waals surface area contributed by atoms with Crippen LogP contribution in [0.3, 0.4) is 0 Å². The average molecular weight is 371 g/mol. The minimum absolute atomic E-state index is 0.367. The van der Waals surface area contributed by atoms with Crippen LogP contribution >= 0.6 is 0 Å². The number of carboxylic acids is 1. The molecule has 0 saturated carbocycles. The zero-order valence-corrected chi connectivity index (χ0v) is 14.8. The topological polar surface area (TPSA) is 122 Å². The molecule has 9 nitrogen and oxygen atoms in total. The van der Waals surface area contributed by atoms with Gasteiger partial charge in [-0.2, -0.15) is 0 Å². The number of aromatic nitrogens is 4. The van der Waals surface area contributed by atoms with E-state index in [1.54, 1.807) is 49.5 Å². The van der Waals surface area contributed by atoms with Crippen LogP contribution in [0, 0.1) is 0 Å². The van der Waals surface area contributed by atoms with Gasteiger partial charge in [0.1, 0.15) is 12.4 Å². The molecule has 9 heteroatoms. The Morgan fingerprint density at radius 1 is 1.22 bits per heavy atom. The first-order chi connectivity index (χ1) is 13.0. The van der Waals surface area contributed by atoms with Crippen molar-refractivity contribution in [3.63, 3.8) is 0 Å². The number of nitrogens with zero attached hydrogens (tertiary/aromatic N) is 4. The molecule has 142 valence electrons. The van der Waals surface area contributed by atoms with Crippen LogP contribution in [0.5, 0.6) is 5.75 Å². The van der Waals surface area contributed by atoms with Crippen LogP contribution in [0.2, 0.25) is 0 Å². The van der Waals surface area contributed by atoms with Gasteiger partial charge in [0.05, 0.1) is 12.0 Å². The average Bonchev–Trinajstić information content (AvgIpc) is 3.15. The number of rotatable bonds is 9. The fraction of sp³-hybridized carbons (Fsp3) is 0.333. The molecule has 0 saturated heterocycles. The molecule has 3 aromatic rings. The fourth-order valence-corrected chi connectivity index (χ4v) is 2.55. The van der Waals surface area contributed by atoms with Gasteiger partial charge in [0.2, 0.25) is 0 Å². The van der Waals surface area contributed by atoms with E-state index in [1.165, 1.54) is 4.52 Å². The Morgan fingerprint density at radius 3 is 2.70 bits per heavy atom. The number of benzene rings is 1. The predicted octanol–water partition coefficient (Wildman–Crippen LogP) is 1.01. The van der Waals surface area contributed by atoms with E-state index < -0.39 is 18.0 Å². The van der Waals surface area contributed by atoms with Crippen LogP contribution in [-0.4, -0.2) is 55.9 Å². The lowest BCUT2D eigenvalue weighted by molar-refractivity contribution is -0.138. The molecule has 0 radical (unpaired) electrons. The maximum atomic E-state index is 11.0. The number of carboxylic acid groups (broad SMARTS) is 1. The number of aliphatic hydroxyl groups is 1. The summed E-state index contributed by atoms with van der Waals surface area (Å²) >= 11 is 0. The van der Waals surface area contributed by atoms with Crippen LogP contribution in [0.15, 0.2) is 42.6 Å². The van der Waals surface area contributed by atoms with Crippen molar-refractivity contribution in [2.24, 2.45) is 0 Å². The van der Waals surface area contributed by atoms with Crippen molar-refractivity contribution in [2.75, 3.05) is 19.7 Å². The molecule has 2 aromatic heterocycles. The Hall–Kier alpha value is -3.04. The molecule has 0 aliphatic carbocycles. The molecule has 0 amide bonds. The van der Waals surface area contributed by atoms with Crippen LogP contribution in [0.1, 0.15) is 30.1 Å². The number of fused-ring (bicyclic) bond motifs is 1. The standard InChI is InChI=1S/C18H21N5O4/c1-12(18(25)26)13-2-5-15(6-3-13)27-9-8-19-10-16(24)14-4-7-17-20-21-22-23(17)11-14/h2-7,11-12,16,19,24H,8-10H2,1H3,(H,25,26)/t12?,16-/m1/s1. The largest absolute Gasteiger partial charge is 0.492 e.